The zero-order valence-electron chi connectivity index (χ0n) is 18.9. The molecule has 0 N–H and O–H groups in total. The van der Waals surface area contributed by atoms with Crippen LogP contribution in [0.2, 0.25) is 0 Å². The minimum Gasteiger partial charge on any atom is -0.477 e. The highest BCUT2D eigenvalue weighted by Gasteiger charge is 2.11. The van der Waals surface area contributed by atoms with E-state index in [9.17, 15) is 0 Å². The Bertz CT molecular complexity index is 1090. The van der Waals surface area contributed by atoms with Gasteiger partial charge in [-0.15, -0.1) is 5.10 Å². The predicted molar refractivity (Wildman–Crippen MR) is 131 cm³/mol. The SMILES string of the molecule is CN(C)CCCOc1cc(Cc2ccccc2)n(Cc2ccc(-c3ccccc3)cc2)n1. The molecule has 0 aliphatic heterocycles. The molecular formula is C28H31N3O. The standard InChI is InChI=1S/C28H31N3O/c1-30(2)18-9-19-32-28-21-27(20-23-10-5-3-6-11-23)31(29-28)22-24-14-16-26(17-15-24)25-12-7-4-8-13-25/h3-8,10-17,21H,9,18-20,22H2,1-2H3. The normalized spacial score (nSPS) is 11.1. The number of ether oxygens (including phenoxy) is 1. The van der Waals surface area contributed by atoms with E-state index in [1.54, 1.807) is 0 Å². The lowest BCUT2D eigenvalue weighted by Crippen LogP contribution is -2.15. The summed E-state index contributed by atoms with van der Waals surface area (Å²) in [6.45, 7) is 2.40. The van der Waals surface area contributed by atoms with Crippen LogP contribution in [0.4, 0.5) is 0 Å². The smallest absolute Gasteiger partial charge is 0.233 e. The summed E-state index contributed by atoms with van der Waals surface area (Å²) >= 11 is 0. The first-order valence-electron chi connectivity index (χ1n) is 11.2. The van der Waals surface area contributed by atoms with E-state index in [-0.39, 0.29) is 0 Å². The second kappa shape index (κ2) is 10.8. The summed E-state index contributed by atoms with van der Waals surface area (Å²) in [7, 11) is 4.16. The van der Waals surface area contributed by atoms with E-state index in [2.05, 4.69) is 103 Å². The van der Waals surface area contributed by atoms with Gasteiger partial charge in [0.05, 0.1) is 13.2 Å². The maximum absolute atomic E-state index is 5.97. The van der Waals surface area contributed by atoms with Gasteiger partial charge in [-0.3, -0.25) is 4.68 Å². The van der Waals surface area contributed by atoms with Crippen molar-refractivity contribution < 1.29 is 4.74 Å². The van der Waals surface area contributed by atoms with Crippen molar-refractivity contribution in [1.82, 2.24) is 14.7 Å². The molecule has 0 aliphatic rings. The molecule has 4 nitrogen and oxygen atoms in total. The van der Waals surface area contributed by atoms with Gasteiger partial charge in [0.1, 0.15) is 0 Å². The minimum absolute atomic E-state index is 0.672. The summed E-state index contributed by atoms with van der Waals surface area (Å²) in [6.07, 6.45) is 1.81. The van der Waals surface area contributed by atoms with Crippen molar-refractivity contribution in [2.45, 2.75) is 19.4 Å². The second-order valence-electron chi connectivity index (χ2n) is 8.36. The van der Waals surface area contributed by atoms with Crippen molar-refractivity contribution in [2.24, 2.45) is 0 Å². The monoisotopic (exact) mass is 425 g/mol. The Morgan fingerprint density at radius 3 is 2.12 bits per heavy atom. The van der Waals surface area contributed by atoms with E-state index < -0.39 is 0 Å². The maximum atomic E-state index is 5.97. The Labute approximate surface area is 191 Å². The van der Waals surface area contributed by atoms with Gasteiger partial charge in [-0.05, 0) is 42.8 Å². The van der Waals surface area contributed by atoms with Crippen LogP contribution in [0.25, 0.3) is 11.1 Å². The fraction of sp³-hybridized carbons (Fsp3) is 0.250. The molecule has 0 fully saturated rings. The summed E-state index contributed by atoms with van der Waals surface area (Å²) in [5, 5.41) is 4.78. The quantitative estimate of drug-likeness (QED) is 0.313. The predicted octanol–water partition coefficient (Wildman–Crippen LogP) is 5.52. The highest BCUT2D eigenvalue weighted by Crippen LogP contribution is 2.21. The molecule has 32 heavy (non-hydrogen) atoms. The van der Waals surface area contributed by atoms with Crippen LogP contribution >= 0.6 is 0 Å². The maximum Gasteiger partial charge on any atom is 0.233 e. The Hall–Kier alpha value is -3.37. The average Bonchev–Trinajstić information content (AvgIpc) is 3.19. The first kappa shape index (κ1) is 21.8. The molecule has 1 heterocycles. The lowest BCUT2D eigenvalue weighted by Gasteiger charge is -2.09. The summed E-state index contributed by atoms with van der Waals surface area (Å²) < 4.78 is 8.05. The molecule has 4 heteroatoms. The lowest BCUT2D eigenvalue weighted by atomic mass is 10.0. The zero-order chi connectivity index (χ0) is 22.2. The molecule has 0 amide bonds. The third-order valence-electron chi connectivity index (χ3n) is 5.46. The Morgan fingerprint density at radius 2 is 1.44 bits per heavy atom. The molecule has 1 aromatic heterocycles. The van der Waals surface area contributed by atoms with Crippen molar-refractivity contribution in [3.8, 4) is 17.0 Å². The van der Waals surface area contributed by atoms with E-state index in [1.165, 1.54) is 22.3 Å². The Kier molecular flexibility index (Phi) is 7.36. The highest BCUT2D eigenvalue weighted by molar-refractivity contribution is 5.63. The zero-order valence-corrected chi connectivity index (χ0v) is 18.9. The van der Waals surface area contributed by atoms with Gasteiger partial charge in [0.2, 0.25) is 5.88 Å². The largest absolute Gasteiger partial charge is 0.477 e. The number of aromatic nitrogens is 2. The van der Waals surface area contributed by atoms with Crippen LogP contribution in [-0.2, 0) is 13.0 Å². The minimum atomic E-state index is 0.672. The highest BCUT2D eigenvalue weighted by atomic mass is 16.5. The summed E-state index contributed by atoms with van der Waals surface area (Å²) in [6, 6.07) is 31.8. The Morgan fingerprint density at radius 1 is 0.781 bits per heavy atom. The van der Waals surface area contributed by atoms with E-state index in [1.807, 2.05) is 12.1 Å². The van der Waals surface area contributed by atoms with Gasteiger partial charge in [0.15, 0.2) is 0 Å². The molecule has 0 radical (unpaired) electrons. The van der Waals surface area contributed by atoms with Gasteiger partial charge >= 0.3 is 0 Å². The van der Waals surface area contributed by atoms with Crippen LogP contribution < -0.4 is 4.74 Å². The van der Waals surface area contributed by atoms with Crippen LogP contribution in [0.3, 0.4) is 0 Å². The van der Waals surface area contributed by atoms with Crippen LogP contribution in [0.1, 0.15) is 23.2 Å². The van der Waals surface area contributed by atoms with Gasteiger partial charge in [-0.2, -0.15) is 0 Å². The molecule has 0 unspecified atom stereocenters. The third kappa shape index (κ3) is 6.08. The van der Waals surface area contributed by atoms with Crippen LogP contribution in [0, 0.1) is 0 Å². The molecule has 164 valence electrons. The summed E-state index contributed by atoms with van der Waals surface area (Å²) in [4.78, 5) is 2.17. The summed E-state index contributed by atoms with van der Waals surface area (Å²) in [5.74, 6) is 0.704. The molecule has 0 spiro atoms. The van der Waals surface area contributed by atoms with E-state index in [0.717, 1.165) is 31.6 Å². The number of hydrogen-bond donors (Lipinski definition) is 0. The van der Waals surface area contributed by atoms with Crippen LogP contribution in [0.5, 0.6) is 5.88 Å². The number of benzene rings is 3. The fourth-order valence-corrected chi connectivity index (χ4v) is 3.75. The van der Waals surface area contributed by atoms with E-state index in [4.69, 9.17) is 9.84 Å². The summed E-state index contributed by atoms with van der Waals surface area (Å²) in [5.41, 5.74) is 6.11. The topological polar surface area (TPSA) is 30.3 Å². The Balaban J connectivity index is 1.50. The molecule has 3 aromatic carbocycles. The van der Waals surface area contributed by atoms with Crippen molar-refractivity contribution >= 4 is 0 Å². The first-order valence-corrected chi connectivity index (χ1v) is 11.2. The van der Waals surface area contributed by atoms with Crippen molar-refractivity contribution in [3.05, 3.63) is 108 Å². The van der Waals surface area contributed by atoms with Crippen molar-refractivity contribution in [2.75, 3.05) is 27.2 Å². The molecule has 0 saturated heterocycles. The molecule has 0 saturated carbocycles. The second-order valence-corrected chi connectivity index (χ2v) is 8.36. The molecule has 4 aromatic rings. The third-order valence-corrected chi connectivity index (χ3v) is 5.46. The molecule has 4 rings (SSSR count). The molecule has 0 aliphatic carbocycles. The van der Waals surface area contributed by atoms with Crippen molar-refractivity contribution in [3.63, 3.8) is 0 Å². The first-order chi connectivity index (χ1) is 15.7. The van der Waals surface area contributed by atoms with Gasteiger partial charge in [0.25, 0.3) is 0 Å². The van der Waals surface area contributed by atoms with Gasteiger partial charge < -0.3 is 9.64 Å². The molecular weight excluding hydrogens is 394 g/mol. The number of nitrogens with zero attached hydrogens (tertiary/aromatic N) is 3. The van der Waals surface area contributed by atoms with Crippen LogP contribution in [0.15, 0.2) is 91.0 Å². The number of hydrogen-bond acceptors (Lipinski definition) is 3. The molecule has 0 atom stereocenters. The van der Waals surface area contributed by atoms with Crippen molar-refractivity contribution in [1.29, 1.82) is 0 Å². The van der Waals surface area contributed by atoms with E-state index >= 15 is 0 Å². The fourth-order valence-electron chi connectivity index (χ4n) is 3.75. The average molecular weight is 426 g/mol. The lowest BCUT2D eigenvalue weighted by molar-refractivity contribution is 0.270. The van der Waals surface area contributed by atoms with Gasteiger partial charge in [-0.1, -0.05) is 84.9 Å². The van der Waals surface area contributed by atoms with Gasteiger partial charge in [0, 0.05) is 24.7 Å². The van der Waals surface area contributed by atoms with E-state index in [0.29, 0.717) is 12.5 Å². The van der Waals surface area contributed by atoms with Crippen LogP contribution in [-0.4, -0.2) is 41.9 Å². The number of rotatable bonds is 10. The van der Waals surface area contributed by atoms with Gasteiger partial charge in [-0.25, -0.2) is 0 Å². The molecule has 0 bridgehead atoms.